The monoisotopic (exact) mass is 236 g/mol. The molecule has 0 atom stereocenters. The number of rotatable bonds is 4. The van der Waals surface area contributed by atoms with Crippen LogP contribution in [-0.4, -0.2) is 43.6 Å². The van der Waals surface area contributed by atoms with Crippen LogP contribution in [0.5, 0.6) is 0 Å². The second-order valence-corrected chi connectivity index (χ2v) is 4.37. The summed E-state index contributed by atoms with van der Waals surface area (Å²) in [5, 5.41) is 2.75. The Morgan fingerprint density at radius 2 is 1.82 bits per heavy atom. The number of nitrogens with two attached hydrogens (primary N) is 1. The zero-order valence-electron chi connectivity index (χ0n) is 10.1. The summed E-state index contributed by atoms with van der Waals surface area (Å²) in [6.07, 6.45) is 0. The van der Waals surface area contributed by atoms with Crippen LogP contribution in [0.4, 0.5) is 4.79 Å². The molecule has 0 aliphatic heterocycles. The number of hydrogen-bond donors (Lipinski definition) is 2. The zero-order chi connectivity index (χ0) is 12.9. The van der Waals surface area contributed by atoms with Crippen LogP contribution >= 0.6 is 0 Å². The topological polar surface area (TPSA) is 72.2 Å². The third-order valence-electron chi connectivity index (χ3n) is 2.59. The number of primary amides is 1. The highest BCUT2D eigenvalue weighted by Crippen LogP contribution is 1.98. The lowest BCUT2D eigenvalue weighted by atomic mass is 10.2. The standard InChI is InChI=1S/C12H17N3O2/c1-15(2,12(13)17)9-8-14-11(16)10-6-4-3-5-7-10/h3-7H,8-9H2,1-2H3,(H2-,13,14,16,17)/p+1. The minimum Gasteiger partial charge on any atom is -0.346 e. The number of amides is 3. The van der Waals surface area contributed by atoms with Crippen molar-refractivity contribution in [3.63, 3.8) is 0 Å². The van der Waals surface area contributed by atoms with Gasteiger partial charge in [-0.15, -0.1) is 0 Å². The van der Waals surface area contributed by atoms with Gasteiger partial charge in [0.1, 0.15) is 6.54 Å². The Morgan fingerprint density at radius 3 is 2.35 bits per heavy atom. The van der Waals surface area contributed by atoms with Gasteiger partial charge in [0.25, 0.3) is 5.91 Å². The van der Waals surface area contributed by atoms with E-state index in [4.69, 9.17) is 5.73 Å². The van der Waals surface area contributed by atoms with Crippen LogP contribution in [0.25, 0.3) is 0 Å². The molecule has 0 aliphatic rings. The number of benzene rings is 1. The van der Waals surface area contributed by atoms with Crippen molar-refractivity contribution in [3.05, 3.63) is 35.9 Å². The molecule has 0 saturated carbocycles. The largest absolute Gasteiger partial charge is 0.413 e. The van der Waals surface area contributed by atoms with E-state index in [9.17, 15) is 9.59 Å². The predicted octanol–water partition coefficient (Wildman–Crippen LogP) is 0.572. The molecule has 5 heteroatoms. The SMILES string of the molecule is C[N+](C)(CCNC(=O)c1ccccc1)C(N)=O. The second kappa shape index (κ2) is 5.45. The van der Waals surface area contributed by atoms with Crippen molar-refractivity contribution in [2.45, 2.75) is 0 Å². The fourth-order valence-corrected chi connectivity index (χ4v) is 1.25. The van der Waals surface area contributed by atoms with Crippen LogP contribution in [-0.2, 0) is 0 Å². The molecule has 0 spiro atoms. The maximum absolute atomic E-state index is 11.7. The molecule has 17 heavy (non-hydrogen) atoms. The number of likely N-dealkylation sites (N-methyl/N-ethyl adjacent to an activating group) is 1. The molecule has 0 aromatic heterocycles. The summed E-state index contributed by atoms with van der Waals surface area (Å²) >= 11 is 0. The zero-order valence-corrected chi connectivity index (χ0v) is 10.1. The minimum absolute atomic E-state index is 0.0507. The average molecular weight is 236 g/mol. The molecule has 3 amide bonds. The van der Waals surface area contributed by atoms with E-state index in [1.165, 1.54) is 0 Å². The second-order valence-electron chi connectivity index (χ2n) is 4.37. The summed E-state index contributed by atoms with van der Waals surface area (Å²) in [5.41, 5.74) is 5.83. The highest BCUT2D eigenvalue weighted by molar-refractivity contribution is 5.94. The first kappa shape index (κ1) is 13.2. The number of nitrogens with zero attached hydrogens (tertiary/aromatic N) is 1. The van der Waals surface area contributed by atoms with E-state index in [-0.39, 0.29) is 10.4 Å². The van der Waals surface area contributed by atoms with Crippen molar-refractivity contribution in [1.29, 1.82) is 0 Å². The maximum atomic E-state index is 11.7. The van der Waals surface area contributed by atoms with Crippen molar-refractivity contribution in [2.24, 2.45) is 5.73 Å². The fourth-order valence-electron chi connectivity index (χ4n) is 1.25. The molecule has 92 valence electrons. The van der Waals surface area contributed by atoms with Crippen molar-refractivity contribution >= 4 is 11.9 Å². The van der Waals surface area contributed by atoms with Crippen LogP contribution in [0, 0.1) is 0 Å². The average Bonchev–Trinajstić information content (AvgIpc) is 2.29. The maximum Gasteiger partial charge on any atom is 0.413 e. The van der Waals surface area contributed by atoms with E-state index in [0.29, 0.717) is 18.7 Å². The summed E-state index contributed by atoms with van der Waals surface area (Å²) in [5.74, 6) is -0.143. The molecule has 0 fully saturated rings. The van der Waals surface area contributed by atoms with Gasteiger partial charge in [-0.25, -0.2) is 9.28 Å². The van der Waals surface area contributed by atoms with Crippen molar-refractivity contribution in [3.8, 4) is 0 Å². The van der Waals surface area contributed by atoms with Gasteiger partial charge >= 0.3 is 6.03 Å². The van der Waals surface area contributed by atoms with Crippen LogP contribution in [0.1, 0.15) is 10.4 Å². The molecule has 3 N–H and O–H groups in total. The summed E-state index contributed by atoms with van der Waals surface area (Å²) in [6.45, 7) is 0.873. The molecule has 0 unspecified atom stereocenters. The van der Waals surface area contributed by atoms with Crippen molar-refractivity contribution in [1.82, 2.24) is 5.32 Å². The van der Waals surface area contributed by atoms with Crippen LogP contribution < -0.4 is 11.1 Å². The molecule has 1 rings (SSSR count). The van der Waals surface area contributed by atoms with Gasteiger partial charge in [-0.05, 0) is 12.1 Å². The molecule has 1 aromatic rings. The first-order chi connectivity index (χ1) is 7.93. The Labute approximate surface area is 101 Å². The highest BCUT2D eigenvalue weighted by Gasteiger charge is 2.22. The molecular formula is C12H18N3O2+. The van der Waals surface area contributed by atoms with Crippen LogP contribution in [0.15, 0.2) is 30.3 Å². The number of quaternary nitrogens is 1. The molecule has 0 radical (unpaired) electrons. The smallest absolute Gasteiger partial charge is 0.346 e. The van der Waals surface area contributed by atoms with E-state index >= 15 is 0 Å². The van der Waals surface area contributed by atoms with E-state index in [0.717, 1.165) is 0 Å². The van der Waals surface area contributed by atoms with Crippen LogP contribution in [0.3, 0.4) is 0 Å². The number of hydrogen-bond acceptors (Lipinski definition) is 2. The molecular weight excluding hydrogens is 218 g/mol. The third kappa shape index (κ3) is 3.88. The molecule has 0 aliphatic carbocycles. The first-order valence-electron chi connectivity index (χ1n) is 5.40. The molecule has 5 nitrogen and oxygen atoms in total. The van der Waals surface area contributed by atoms with Gasteiger partial charge in [-0.3, -0.25) is 4.79 Å². The summed E-state index contributed by atoms with van der Waals surface area (Å²) in [7, 11) is 3.41. The number of carbonyl (C=O) groups excluding carboxylic acids is 2. The predicted molar refractivity (Wildman–Crippen MR) is 65.3 cm³/mol. The van der Waals surface area contributed by atoms with Gasteiger partial charge in [0.15, 0.2) is 0 Å². The van der Waals surface area contributed by atoms with Crippen molar-refractivity contribution in [2.75, 3.05) is 27.2 Å². The molecule has 0 bridgehead atoms. The van der Waals surface area contributed by atoms with Gasteiger partial charge in [0.05, 0.1) is 20.6 Å². The Morgan fingerprint density at radius 1 is 1.24 bits per heavy atom. The molecule has 0 saturated heterocycles. The molecule has 0 heterocycles. The van der Waals surface area contributed by atoms with Gasteiger partial charge in [0.2, 0.25) is 0 Å². The van der Waals surface area contributed by atoms with Gasteiger partial charge in [0, 0.05) is 5.56 Å². The van der Waals surface area contributed by atoms with Gasteiger partial charge in [-0.1, -0.05) is 18.2 Å². The normalized spacial score (nSPS) is 10.9. The van der Waals surface area contributed by atoms with E-state index in [2.05, 4.69) is 5.32 Å². The highest BCUT2D eigenvalue weighted by atomic mass is 16.2. The summed E-state index contributed by atoms with van der Waals surface area (Å²) < 4.78 is 0.0507. The van der Waals surface area contributed by atoms with Crippen LogP contribution in [0.2, 0.25) is 0 Å². The molecule has 1 aromatic carbocycles. The fraction of sp³-hybridized carbons (Fsp3) is 0.333. The lowest BCUT2D eigenvalue weighted by molar-refractivity contribution is -0.806. The Hall–Kier alpha value is -1.88. The number of nitrogens with one attached hydrogen (secondary N) is 1. The van der Waals surface area contributed by atoms with Gasteiger partial charge < -0.3 is 11.1 Å². The lowest BCUT2D eigenvalue weighted by Crippen LogP contribution is -2.52. The van der Waals surface area contributed by atoms with Gasteiger partial charge in [-0.2, -0.15) is 0 Å². The van der Waals surface area contributed by atoms with E-state index in [1.807, 2.05) is 6.07 Å². The Kier molecular flexibility index (Phi) is 4.23. The third-order valence-corrected chi connectivity index (χ3v) is 2.59. The van der Waals surface area contributed by atoms with E-state index in [1.54, 1.807) is 38.4 Å². The quantitative estimate of drug-likeness (QED) is 0.750. The Bertz CT molecular complexity index is 401. The Balaban J connectivity index is 2.43. The lowest BCUT2D eigenvalue weighted by Gasteiger charge is -2.24. The van der Waals surface area contributed by atoms with E-state index < -0.39 is 6.03 Å². The number of urea groups is 1. The first-order valence-corrected chi connectivity index (χ1v) is 5.40. The number of carbonyl (C=O) groups is 2. The minimum atomic E-state index is -0.418. The van der Waals surface area contributed by atoms with Crippen molar-refractivity contribution < 1.29 is 14.1 Å². The summed E-state index contributed by atoms with van der Waals surface area (Å²) in [6, 6.07) is 8.52. The summed E-state index contributed by atoms with van der Waals surface area (Å²) in [4.78, 5) is 22.7.